The fraction of sp³-hybridized carbons (Fsp3) is 0.571. The summed E-state index contributed by atoms with van der Waals surface area (Å²) in [5.41, 5.74) is 0.841. The van der Waals surface area contributed by atoms with Crippen molar-refractivity contribution < 1.29 is 30.0 Å². The number of hydrogen-bond donors (Lipinski definition) is 4. The van der Waals surface area contributed by atoms with E-state index in [4.69, 9.17) is 9.84 Å². The molecule has 3 atom stereocenters. The molecule has 150 valence electrons. The second kappa shape index (κ2) is 8.87. The minimum absolute atomic E-state index is 0.0705. The average Bonchev–Trinajstić information content (AvgIpc) is 3.09. The number of phenolic OH excluding ortho intramolecular Hbond substituents is 1. The normalized spacial score (nSPS) is 22.0. The summed E-state index contributed by atoms with van der Waals surface area (Å²) in [5, 5.41) is 39.3. The molecular weight excluding hydrogens is 348 g/mol. The van der Waals surface area contributed by atoms with Crippen LogP contribution >= 0.6 is 0 Å². The van der Waals surface area contributed by atoms with Gasteiger partial charge in [-0.3, -0.25) is 0 Å². The lowest BCUT2D eigenvalue weighted by molar-refractivity contribution is -0.109. The molecule has 1 fully saturated rings. The molecule has 1 aliphatic rings. The molecule has 0 radical (unpaired) electrons. The van der Waals surface area contributed by atoms with Crippen LogP contribution in [0.15, 0.2) is 29.8 Å². The summed E-state index contributed by atoms with van der Waals surface area (Å²) >= 11 is 0. The van der Waals surface area contributed by atoms with Crippen molar-refractivity contribution in [3.05, 3.63) is 41.0 Å². The Balaban J connectivity index is 1.86. The molecule has 6 heteroatoms. The first-order valence-electron chi connectivity index (χ1n) is 9.34. The number of rotatable bonds is 8. The van der Waals surface area contributed by atoms with Crippen LogP contribution in [-0.2, 0) is 11.2 Å². The lowest BCUT2D eigenvalue weighted by Crippen LogP contribution is -2.37. The molecule has 0 aromatic heterocycles. The van der Waals surface area contributed by atoms with Crippen molar-refractivity contribution >= 4 is 5.97 Å². The summed E-state index contributed by atoms with van der Waals surface area (Å²) < 4.78 is 5.79. The number of aromatic hydroxyl groups is 1. The van der Waals surface area contributed by atoms with E-state index in [1.165, 1.54) is 18.2 Å². The number of ether oxygens (including phenoxy) is 1. The molecule has 27 heavy (non-hydrogen) atoms. The monoisotopic (exact) mass is 378 g/mol. The van der Waals surface area contributed by atoms with E-state index >= 15 is 0 Å². The van der Waals surface area contributed by atoms with E-state index in [-0.39, 0.29) is 23.5 Å². The number of aliphatic hydroxyl groups excluding tert-OH is 1. The number of aromatic carboxylic acids is 1. The minimum atomic E-state index is -1.03. The Morgan fingerprint density at radius 1 is 1.37 bits per heavy atom. The van der Waals surface area contributed by atoms with Gasteiger partial charge in [0, 0.05) is 0 Å². The van der Waals surface area contributed by atoms with Crippen LogP contribution in [0.3, 0.4) is 0 Å². The third kappa shape index (κ3) is 6.06. The van der Waals surface area contributed by atoms with E-state index in [1.54, 1.807) is 13.8 Å². The van der Waals surface area contributed by atoms with Crippen molar-refractivity contribution in [2.45, 2.75) is 76.8 Å². The van der Waals surface area contributed by atoms with Crippen molar-refractivity contribution in [2.75, 3.05) is 0 Å². The zero-order valence-corrected chi connectivity index (χ0v) is 16.2. The maximum absolute atomic E-state index is 11.0. The predicted octanol–water partition coefficient (Wildman–Crippen LogP) is 3.04. The van der Waals surface area contributed by atoms with E-state index in [2.05, 4.69) is 0 Å². The maximum Gasteiger partial charge on any atom is 0.335 e. The second-order valence-corrected chi connectivity index (χ2v) is 7.90. The van der Waals surface area contributed by atoms with Gasteiger partial charge >= 0.3 is 5.97 Å². The van der Waals surface area contributed by atoms with Crippen LogP contribution in [0.5, 0.6) is 5.75 Å². The van der Waals surface area contributed by atoms with Gasteiger partial charge in [0.15, 0.2) is 0 Å². The summed E-state index contributed by atoms with van der Waals surface area (Å²) in [4.78, 5) is 11.0. The zero-order valence-electron chi connectivity index (χ0n) is 16.2. The van der Waals surface area contributed by atoms with Gasteiger partial charge in [-0.25, -0.2) is 4.79 Å². The first-order chi connectivity index (χ1) is 12.6. The molecule has 1 saturated heterocycles. The number of carboxylic acid groups (broad SMARTS) is 1. The van der Waals surface area contributed by atoms with Gasteiger partial charge in [0.05, 0.1) is 29.5 Å². The number of carboxylic acids is 1. The summed E-state index contributed by atoms with van der Waals surface area (Å²) in [5.74, 6) is -0.956. The van der Waals surface area contributed by atoms with Gasteiger partial charge in [-0.1, -0.05) is 11.6 Å². The molecular formula is C21H30O6. The first-order valence-corrected chi connectivity index (χ1v) is 9.34. The number of carbonyl (C=O) groups is 1. The molecule has 1 aromatic carbocycles. The molecule has 0 saturated carbocycles. The van der Waals surface area contributed by atoms with Crippen molar-refractivity contribution in [1.29, 1.82) is 0 Å². The number of hydrogen-bond acceptors (Lipinski definition) is 5. The van der Waals surface area contributed by atoms with Gasteiger partial charge < -0.3 is 25.2 Å². The van der Waals surface area contributed by atoms with Crippen LogP contribution in [0.4, 0.5) is 0 Å². The Hall–Kier alpha value is -1.89. The van der Waals surface area contributed by atoms with Gasteiger partial charge in [-0.15, -0.1) is 0 Å². The highest BCUT2D eigenvalue weighted by Gasteiger charge is 2.38. The van der Waals surface area contributed by atoms with E-state index in [0.29, 0.717) is 24.8 Å². The molecule has 1 unspecified atom stereocenters. The molecule has 0 amide bonds. The SMILES string of the molecule is C/C(=C\Cc1cc(C(=O)O)ccc1O)CCC(O)[C@@H]1CC[C@H](C(C)(C)O)O1. The van der Waals surface area contributed by atoms with Crippen LogP contribution < -0.4 is 0 Å². The van der Waals surface area contributed by atoms with Crippen LogP contribution in [0.2, 0.25) is 0 Å². The Labute approximate surface area is 160 Å². The zero-order chi connectivity index (χ0) is 20.2. The smallest absolute Gasteiger partial charge is 0.335 e. The fourth-order valence-corrected chi connectivity index (χ4v) is 3.30. The van der Waals surface area contributed by atoms with Crippen molar-refractivity contribution in [2.24, 2.45) is 0 Å². The van der Waals surface area contributed by atoms with Crippen molar-refractivity contribution in [3.63, 3.8) is 0 Å². The van der Waals surface area contributed by atoms with Crippen molar-refractivity contribution in [1.82, 2.24) is 0 Å². The molecule has 0 spiro atoms. The lowest BCUT2D eigenvalue weighted by Gasteiger charge is -2.26. The quantitative estimate of drug-likeness (QED) is 0.518. The highest BCUT2D eigenvalue weighted by atomic mass is 16.5. The van der Waals surface area contributed by atoms with Crippen LogP contribution in [-0.4, -0.2) is 50.3 Å². The van der Waals surface area contributed by atoms with Gasteiger partial charge in [-0.05, 0) is 76.6 Å². The van der Waals surface area contributed by atoms with Gasteiger partial charge in [0.25, 0.3) is 0 Å². The molecule has 0 aliphatic carbocycles. The minimum Gasteiger partial charge on any atom is -0.508 e. The van der Waals surface area contributed by atoms with Gasteiger partial charge in [0.1, 0.15) is 5.75 Å². The number of phenols is 1. The Kier molecular flexibility index (Phi) is 7.03. The van der Waals surface area contributed by atoms with Crippen molar-refractivity contribution in [3.8, 4) is 5.75 Å². The fourth-order valence-electron chi connectivity index (χ4n) is 3.30. The third-order valence-electron chi connectivity index (χ3n) is 5.10. The summed E-state index contributed by atoms with van der Waals surface area (Å²) in [6.45, 7) is 5.38. The predicted molar refractivity (Wildman–Crippen MR) is 102 cm³/mol. The van der Waals surface area contributed by atoms with Gasteiger partial charge in [-0.2, -0.15) is 0 Å². The standard InChI is InChI=1S/C21H30O6/c1-13(4-6-14-12-15(20(24)25)7-9-16(14)22)5-8-17(23)18-10-11-19(27-18)21(2,3)26/h4,7,9,12,17-19,22-23,26H,5-6,8,10-11H2,1-3H3,(H,24,25)/b13-4+/t17?,18-,19+/m0/s1. The molecule has 6 nitrogen and oxygen atoms in total. The Bertz CT molecular complexity index is 688. The van der Waals surface area contributed by atoms with Crippen LogP contribution in [0, 0.1) is 0 Å². The molecule has 1 aliphatic heterocycles. The molecule has 1 heterocycles. The van der Waals surface area contributed by atoms with Crippen LogP contribution in [0.25, 0.3) is 0 Å². The van der Waals surface area contributed by atoms with E-state index < -0.39 is 17.7 Å². The lowest BCUT2D eigenvalue weighted by atomic mass is 9.97. The molecule has 1 aromatic rings. The third-order valence-corrected chi connectivity index (χ3v) is 5.10. The first kappa shape index (κ1) is 21.4. The van der Waals surface area contributed by atoms with Crippen LogP contribution in [0.1, 0.15) is 62.4 Å². The highest BCUT2D eigenvalue weighted by Crippen LogP contribution is 2.30. The number of benzene rings is 1. The number of allylic oxidation sites excluding steroid dienone is 2. The summed E-state index contributed by atoms with van der Waals surface area (Å²) in [6, 6.07) is 4.23. The van der Waals surface area contributed by atoms with E-state index in [1.807, 2.05) is 13.0 Å². The van der Waals surface area contributed by atoms with E-state index in [9.17, 15) is 20.1 Å². The molecule has 2 rings (SSSR count). The maximum atomic E-state index is 11.0. The average molecular weight is 378 g/mol. The Morgan fingerprint density at radius 3 is 2.67 bits per heavy atom. The second-order valence-electron chi connectivity index (χ2n) is 7.90. The highest BCUT2D eigenvalue weighted by molar-refractivity contribution is 5.88. The topological polar surface area (TPSA) is 107 Å². The van der Waals surface area contributed by atoms with Gasteiger partial charge in [0.2, 0.25) is 0 Å². The number of aliphatic hydroxyl groups is 2. The molecule has 0 bridgehead atoms. The summed E-state index contributed by atoms with van der Waals surface area (Å²) in [6.07, 6.45) is 3.94. The van der Waals surface area contributed by atoms with E-state index in [0.717, 1.165) is 18.4 Å². The largest absolute Gasteiger partial charge is 0.508 e. The molecule has 4 N–H and O–H groups in total. The summed E-state index contributed by atoms with van der Waals surface area (Å²) in [7, 11) is 0. The Morgan fingerprint density at radius 2 is 2.07 bits per heavy atom.